The molecule has 3 N–H and O–H groups in total. The summed E-state index contributed by atoms with van der Waals surface area (Å²) in [7, 11) is 2.00. The number of nitrogens with two attached hydrogens (primary N) is 1. The van der Waals surface area contributed by atoms with Crippen molar-refractivity contribution in [2.45, 2.75) is 39.8 Å². The van der Waals surface area contributed by atoms with E-state index < -0.39 is 0 Å². The quantitative estimate of drug-likeness (QED) is 0.811. The Morgan fingerprint density at radius 1 is 1.47 bits per heavy atom. The molecule has 0 aliphatic rings. The summed E-state index contributed by atoms with van der Waals surface area (Å²) in [6, 6.07) is 4.00. The number of aromatic nitrogens is 1. The van der Waals surface area contributed by atoms with E-state index in [1.807, 2.05) is 40.0 Å². The molecule has 17 heavy (non-hydrogen) atoms. The highest BCUT2D eigenvalue weighted by atomic mass is 16.1. The van der Waals surface area contributed by atoms with E-state index in [0.29, 0.717) is 18.9 Å². The lowest BCUT2D eigenvalue weighted by molar-refractivity contribution is -0.121. The highest BCUT2D eigenvalue weighted by Gasteiger charge is 2.12. The zero-order chi connectivity index (χ0) is 13.0. The van der Waals surface area contributed by atoms with Crippen molar-refractivity contribution >= 4 is 5.91 Å². The summed E-state index contributed by atoms with van der Waals surface area (Å²) >= 11 is 0. The second-order valence-corrected chi connectivity index (χ2v) is 4.91. The van der Waals surface area contributed by atoms with Crippen molar-refractivity contribution in [3.8, 4) is 0 Å². The molecule has 1 unspecified atom stereocenters. The van der Waals surface area contributed by atoms with Crippen LogP contribution < -0.4 is 11.1 Å². The fourth-order valence-corrected chi connectivity index (χ4v) is 1.56. The van der Waals surface area contributed by atoms with Crippen LogP contribution in [0.1, 0.15) is 31.7 Å². The van der Waals surface area contributed by atoms with E-state index in [1.165, 1.54) is 5.69 Å². The van der Waals surface area contributed by atoms with Crippen molar-refractivity contribution in [1.82, 2.24) is 9.88 Å². The van der Waals surface area contributed by atoms with Gasteiger partial charge in [0.2, 0.25) is 5.91 Å². The van der Waals surface area contributed by atoms with Gasteiger partial charge in [-0.2, -0.15) is 0 Å². The Morgan fingerprint density at radius 2 is 2.12 bits per heavy atom. The number of hydrogen-bond donors (Lipinski definition) is 2. The molecule has 96 valence electrons. The fourth-order valence-electron chi connectivity index (χ4n) is 1.56. The molecule has 0 fully saturated rings. The Bertz CT molecular complexity index is 382. The summed E-state index contributed by atoms with van der Waals surface area (Å²) in [6.07, 6.45) is 0.390. The molecule has 1 atom stereocenters. The Morgan fingerprint density at radius 3 is 2.59 bits per heavy atom. The molecular formula is C13H23N3O. The number of nitrogens with one attached hydrogen (secondary N) is 1. The molecule has 0 aliphatic heterocycles. The molecule has 0 saturated carbocycles. The van der Waals surface area contributed by atoms with Crippen molar-refractivity contribution in [3.63, 3.8) is 0 Å². The minimum absolute atomic E-state index is 0.0186. The molecule has 1 rings (SSSR count). The van der Waals surface area contributed by atoms with Crippen molar-refractivity contribution in [1.29, 1.82) is 0 Å². The van der Waals surface area contributed by atoms with Gasteiger partial charge in [0.1, 0.15) is 0 Å². The van der Waals surface area contributed by atoms with Gasteiger partial charge in [-0.25, -0.2) is 0 Å². The maximum absolute atomic E-state index is 11.6. The topological polar surface area (TPSA) is 60.1 Å². The SMILES string of the molecule is Cc1ccc(CNC(=O)CC(N)C(C)C)n1C. The van der Waals surface area contributed by atoms with Crippen molar-refractivity contribution in [2.24, 2.45) is 18.7 Å². The molecule has 1 amide bonds. The van der Waals surface area contributed by atoms with Gasteiger partial charge in [-0.3, -0.25) is 4.79 Å². The summed E-state index contributed by atoms with van der Waals surface area (Å²) < 4.78 is 2.07. The number of nitrogens with zero attached hydrogens (tertiary/aromatic N) is 1. The Kier molecular flexibility index (Phi) is 4.75. The van der Waals surface area contributed by atoms with Gasteiger partial charge in [0, 0.05) is 30.9 Å². The van der Waals surface area contributed by atoms with Crippen LogP contribution in [0.5, 0.6) is 0 Å². The minimum Gasteiger partial charge on any atom is -0.350 e. The van der Waals surface area contributed by atoms with Gasteiger partial charge in [0.25, 0.3) is 0 Å². The summed E-state index contributed by atoms with van der Waals surface area (Å²) in [5.41, 5.74) is 8.15. The summed E-state index contributed by atoms with van der Waals surface area (Å²) in [5.74, 6) is 0.350. The second-order valence-electron chi connectivity index (χ2n) is 4.91. The third kappa shape index (κ3) is 3.89. The number of aryl methyl sites for hydroxylation is 1. The Balaban J connectivity index is 2.41. The zero-order valence-electron chi connectivity index (χ0n) is 11.2. The third-order valence-corrected chi connectivity index (χ3v) is 3.22. The average molecular weight is 237 g/mol. The summed E-state index contributed by atoms with van der Waals surface area (Å²) in [6.45, 7) is 6.66. The van der Waals surface area contributed by atoms with Gasteiger partial charge in [0.05, 0.1) is 6.54 Å². The molecule has 0 aromatic carbocycles. The van der Waals surface area contributed by atoms with E-state index in [1.54, 1.807) is 0 Å². The molecule has 0 bridgehead atoms. The van der Waals surface area contributed by atoms with Crippen LogP contribution in [0.2, 0.25) is 0 Å². The number of carbonyl (C=O) groups excluding carboxylic acids is 1. The van der Waals surface area contributed by atoms with Crippen molar-refractivity contribution in [2.75, 3.05) is 0 Å². The smallest absolute Gasteiger partial charge is 0.221 e. The van der Waals surface area contributed by atoms with E-state index in [4.69, 9.17) is 5.73 Å². The summed E-state index contributed by atoms with van der Waals surface area (Å²) in [5, 5.41) is 2.90. The van der Waals surface area contributed by atoms with Crippen LogP contribution in [0.4, 0.5) is 0 Å². The molecule has 0 radical (unpaired) electrons. The van der Waals surface area contributed by atoms with E-state index in [0.717, 1.165) is 5.69 Å². The Labute approximate surface area is 103 Å². The lowest BCUT2D eigenvalue weighted by Gasteiger charge is -2.15. The van der Waals surface area contributed by atoms with E-state index in [9.17, 15) is 4.79 Å². The molecule has 0 saturated heterocycles. The molecule has 4 heteroatoms. The van der Waals surface area contributed by atoms with Gasteiger partial charge in [-0.15, -0.1) is 0 Å². The number of amides is 1. The van der Waals surface area contributed by atoms with Gasteiger partial charge < -0.3 is 15.6 Å². The normalized spacial score (nSPS) is 12.8. The standard InChI is InChI=1S/C13H23N3O/c1-9(2)12(14)7-13(17)15-8-11-6-5-10(3)16(11)4/h5-6,9,12H,7-8,14H2,1-4H3,(H,15,17). The molecule has 0 spiro atoms. The van der Waals surface area contributed by atoms with Crippen LogP contribution in [-0.4, -0.2) is 16.5 Å². The maximum Gasteiger partial charge on any atom is 0.221 e. The largest absolute Gasteiger partial charge is 0.350 e. The van der Waals surface area contributed by atoms with Gasteiger partial charge in [-0.1, -0.05) is 13.8 Å². The first-order valence-electron chi connectivity index (χ1n) is 6.05. The van der Waals surface area contributed by atoms with E-state index >= 15 is 0 Å². The van der Waals surface area contributed by atoms with Crippen LogP contribution in [0, 0.1) is 12.8 Å². The predicted molar refractivity (Wildman–Crippen MR) is 69.4 cm³/mol. The zero-order valence-corrected chi connectivity index (χ0v) is 11.2. The molecule has 0 aliphatic carbocycles. The second kappa shape index (κ2) is 5.87. The third-order valence-electron chi connectivity index (χ3n) is 3.22. The maximum atomic E-state index is 11.6. The van der Waals surface area contributed by atoms with Gasteiger partial charge in [-0.05, 0) is 25.0 Å². The van der Waals surface area contributed by atoms with E-state index in [2.05, 4.69) is 9.88 Å². The van der Waals surface area contributed by atoms with Crippen molar-refractivity contribution in [3.05, 3.63) is 23.5 Å². The van der Waals surface area contributed by atoms with Crippen LogP contribution in [0.3, 0.4) is 0 Å². The van der Waals surface area contributed by atoms with Crippen molar-refractivity contribution < 1.29 is 4.79 Å². The van der Waals surface area contributed by atoms with Crippen LogP contribution in [0.15, 0.2) is 12.1 Å². The first kappa shape index (κ1) is 13.8. The van der Waals surface area contributed by atoms with Gasteiger partial charge in [0.15, 0.2) is 0 Å². The van der Waals surface area contributed by atoms with E-state index in [-0.39, 0.29) is 11.9 Å². The molecule has 1 heterocycles. The highest BCUT2D eigenvalue weighted by molar-refractivity contribution is 5.76. The fraction of sp³-hybridized carbons (Fsp3) is 0.615. The first-order chi connectivity index (χ1) is 7.91. The minimum atomic E-state index is -0.0647. The lowest BCUT2D eigenvalue weighted by Crippen LogP contribution is -2.34. The highest BCUT2D eigenvalue weighted by Crippen LogP contribution is 2.06. The van der Waals surface area contributed by atoms with Crippen LogP contribution in [0.25, 0.3) is 0 Å². The number of hydrogen-bond acceptors (Lipinski definition) is 2. The molecular weight excluding hydrogens is 214 g/mol. The monoisotopic (exact) mass is 237 g/mol. The summed E-state index contributed by atoms with van der Waals surface area (Å²) in [4.78, 5) is 11.6. The first-order valence-corrected chi connectivity index (χ1v) is 6.05. The van der Waals surface area contributed by atoms with Gasteiger partial charge >= 0.3 is 0 Å². The number of carbonyl (C=O) groups is 1. The lowest BCUT2D eigenvalue weighted by atomic mass is 10.0. The molecule has 1 aromatic heterocycles. The number of rotatable bonds is 5. The van der Waals surface area contributed by atoms with Crippen LogP contribution in [-0.2, 0) is 18.4 Å². The molecule has 1 aromatic rings. The predicted octanol–water partition coefficient (Wildman–Crippen LogP) is 1.32. The Hall–Kier alpha value is -1.29. The average Bonchev–Trinajstić information content (AvgIpc) is 2.57. The van der Waals surface area contributed by atoms with Crippen LogP contribution >= 0.6 is 0 Å². The molecule has 4 nitrogen and oxygen atoms in total.